The van der Waals surface area contributed by atoms with Crippen LogP contribution in [0.25, 0.3) is 66.5 Å². The lowest BCUT2D eigenvalue weighted by Gasteiger charge is -1.85. The van der Waals surface area contributed by atoms with Gasteiger partial charge in [0.15, 0.2) is 0 Å². The van der Waals surface area contributed by atoms with Gasteiger partial charge in [0.05, 0.1) is 22.8 Å². The maximum absolute atomic E-state index is 4.63. The molecule has 0 saturated heterocycles. The fourth-order valence-corrected chi connectivity index (χ4v) is 6.34. The second-order valence-electron chi connectivity index (χ2n) is 9.82. The van der Waals surface area contributed by atoms with E-state index < -0.39 is 0 Å². The molecule has 2 aromatic carbocycles. The summed E-state index contributed by atoms with van der Waals surface area (Å²) in [5.74, 6) is 0. The van der Waals surface area contributed by atoms with E-state index in [-0.39, 0.29) is 0 Å². The first-order valence-electron chi connectivity index (χ1n) is 13.6. The molecule has 0 atom stereocenters. The van der Waals surface area contributed by atoms with Crippen LogP contribution < -0.4 is 0 Å². The Hall–Kier alpha value is -5.04. The normalized spacial score (nSPS) is 11.6. The molecule has 2 aliphatic rings. The van der Waals surface area contributed by atoms with Crippen molar-refractivity contribution < 1.29 is 0 Å². The van der Waals surface area contributed by atoms with Gasteiger partial charge in [0.1, 0.15) is 0 Å². The monoisotopic (exact) mass is 578 g/mol. The number of hydrogen-bond acceptors (Lipinski definition) is 4. The van der Waals surface area contributed by atoms with E-state index in [4.69, 9.17) is 0 Å². The Morgan fingerprint density at radius 3 is 1.12 bits per heavy atom. The van der Waals surface area contributed by atoms with Gasteiger partial charge in [0, 0.05) is 31.5 Å². The van der Waals surface area contributed by atoms with E-state index in [1.165, 1.54) is 20.2 Å². The fraction of sp³-hybridized carbons (Fsp3) is 0. The van der Waals surface area contributed by atoms with Crippen molar-refractivity contribution in [1.82, 2.24) is 19.9 Å². The van der Waals surface area contributed by atoms with Crippen molar-refractivity contribution in [2.75, 3.05) is 0 Å². The van der Waals surface area contributed by atoms with E-state index in [0.29, 0.717) is 0 Å². The molecule has 42 heavy (non-hydrogen) atoms. The molecule has 5 aromatic heterocycles. The molecule has 7 heterocycles. The summed E-state index contributed by atoms with van der Waals surface area (Å²) in [6.07, 6.45) is 8.09. The van der Waals surface area contributed by atoms with Crippen LogP contribution in [0.4, 0.5) is 0 Å². The molecule has 9 rings (SSSR count). The summed E-state index contributed by atoms with van der Waals surface area (Å²) in [7, 11) is 0. The summed E-state index contributed by atoms with van der Waals surface area (Å²) in [5.41, 5.74) is 7.86. The number of fused-ring (bicyclic) bond motifs is 10. The Morgan fingerprint density at radius 1 is 0.405 bits per heavy atom. The molecule has 0 amide bonds. The molecule has 202 valence electrons. The highest BCUT2D eigenvalue weighted by atomic mass is 32.1. The van der Waals surface area contributed by atoms with Crippen LogP contribution in [0, 0.1) is 0 Å². The van der Waals surface area contributed by atoms with Crippen molar-refractivity contribution in [3.8, 4) is 0 Å². The molecular weight excluding hydrogens is 553 g/mol. The van der Waals surface area contributed by atoms with Gasteiger partial charge in [-0.25, -0.2) is 9.97 Å². The molecule has 2 aliphatic heterocycles. The van der Waals surface area contributed by atoms with Crippen LogP contribution in [0.1, 0.15) is 22.8 Å². The molecule has 8 bridgehead atoms. The molecule has 0 aliphatic carbocycles. The molecule has 7 aromatic rings. The van der Waals surface area contributed by atoms with E-state index in [2.05, 4.69) is 116 Å². The third-order valence-electron chi connectivity index (χ3n) is 6.77. The second kappa shape index (κ2) is 11.8. The molecule has 0 radical (unpaired) electrons. The summed E-state index contributed by atoms with van der Waals surface area (Å²) < 4.78 is 2.75. The van der Waals surface area contributed by atoms with Crippen molar-refractivity contribution >= 4 is 89.2 Å². The van der Waals surface area contributed by atoms with E-state index in [9.17, 15) is 0 Å². The largest absolute Gasteiger partial charge is 0.355 e. The van der Waals surface area contributed by atoms with Gasteiger partial charge in [-0.1, -0.05) is 36.4 Å². The van der Waals surface area contributed by atoms with Gasteiger partial charge in [-0.3, -0.25) is 0 Å². The predicted molar refractivity (Wildman–Crippen MR) is 183 cm³/mol. The van der Waals surface area contributed by atoms with E-state index in [1.807, 2.05) is 48.6 Å². The third-order valence-corrected chi connectivity index (χ3v) is 8.56. The number of thiophene rings is 2. The highest BCUT2D eigenvalue weighted by Crippen LogP contribution is 2.20. The lowest BCUT2D eigenvalue weighted by Crippen LogP contribution is -1.75. The van der Waals surface area contributed by atoms with Gasteiger partial charge in [0.25, 0.3) is 0 Å². The smallest absolute Gasteiger partial charge is 0.0658 e. The molecule has 6 heteroatoms. The minimum Gasteiger partial charge on any atom is -0.355 e. The summed E-state index contributed by atoms with van der Waals surface area (Å²) in [6.45, 7) is 0. The van der Waals surface area contributed by atoms with Crippen LogP contribution in [-0.2, 0) is 0 Å². The molecule has 0 spiro atoms. The summed E-state index contributed by atoms with van der Waals surface area (Å²) >= 11 is 3.57. The van der Waals surface area contributed by atoms with E-state index >= 15 is 0 Å². The third kappa shape index (κ3) is 6.15. The maximum atomic E-state index is 4.63. The number of benzene rings is 2. The average Bonchev–Trinajstić information content (AvgIpc) is 3.85. The number of aromatic amines is 2. The first kappa shape index (κ1) is 25.9. The van der Waals surface area contributed by atoms with Crippen LogP contribution in [0.3, 0.4) is 0 Å². The van der Waals surface area contributed by atoms with Crippen LogP contribution in [-0.4, -0.2) is 19.9 Å². The Morgan fingerprint density at radius 2 is 0.762 bits per heavy atom. The summed E-state index contributed by atoms with van der Waals surface area (Å²) in [6, 6.07) is 37.4. The van der Waals surface area contributed by atoms with Gasteiger partial charge in [-0.2, -0.15) is 0 Å². The van der Waals surface area contributed by atoms with Crippen molar-refractivity contribution in [3.63, 3.8) is 0 Å². The molecule has 2 N–H and O–H groups in total. The maximum Gasteiger partial charge on any atom is 0.0658 e. The zero-order valence-electron chi connectivity index (χ0n) is 22.6. The number of rotatable bonds is 0. The van der Waals surface area contributed by atoms with E-state index in [1.54, 1.807) is 22.7 Å². The Labute approximate surface area is 251 Å². The lowest BCUT2D eigenvalue weighted by molar-refractivity contribution is 1.31. The average molecular weight is 579 g/mol. The Kier molecular flexibility index (Phi) is 7.29. The molecule has 0 saturated carbocycles. The molecule has 0 unspecified atom stereocenters. The Bertz CT molecular complexity index is 1920. The summed E-state index contributed by atoms with van der Waals surface area (Å²) in [5, 5.41) is 6.93. The number of nitrogens with zero attached hydrogens (tertiary/aromatic N) is 2. The minimum atomic E-state index is 0.939. The van der Waals surface area contributed by atoms with Crippen LogP contribution >= 0.6 is 22.7 Å². The van der Waals surface area contributed by atoms with Crippen LogP contribution in [0.5, 0.6) is 0 Å². The quantitative estimate of drug-likeness (QED) is 0.188. The van der Waals surface area contributed by atoms with Gasteiger partial charge in [0.2, 0.25) is 0 Å². The van der Waals surface area contributed by atoms with Crippen LogP contribution in [0.15, 0.2) is 120 Å². The van der Waals surface area contributed by atoms with Crippen molar-refractivity contribution in [3.05, 3.63) is 143 Å². The van der Waals surface area contributed by atoms with Gasteiger partial charge >= 0.3 is 0 Å². The number of nitrogens with one attached hydrogen (secondary N) is 2. The second-order valence-corrected chi connectivity index (χ2v) is 11.7. The number of hydrogen-bond donors (Lipinski definition) is 2. The standard InChI is InChI=1S/C20H14N4.2C8H6S/c1-2-14-10-16-5-6-18(23-16)12-20-8-7-19(24-20)11-17-4-3-15(22-17)9-13(1)21-14;2*1-2-4-8-7(3-1)5-6-9-8/h1-12,21,24H;2*1-6H. The van der Waals surface area contributed by atoms with Crippen molar-refractivity contribution in [2.24, 2.45) is 0 Å². The number of aromatic nitrogens is 4. The first-order valence-corrected chi connectivity index (χ1v) is 15.4. The van der Waals surface area contributed by atoms with Gasteiger partial charge < -0.3 is 9.97 Å². The van der Waals surface area contributed by atoms with Crippen LogP contribution in [0.2, 0.25) is 0 Å². The lowest BCUT2D eigenvalue weighted by atomic mass is 10.3. The summed E-state index contributed by atoms with van der Waals surface area (Å²) in [4.78, 5) is 16.0. The minimum absolute atomic E-state index is 0.939. The predicted octanol–water partition coefficient (Wildman–Crippen LogP) is 10.5. The zero-order chi connectivity index (χ0) is 28.1. The number of H-pyrrole nitrogens is 2. The topological polar surface area (TPSA) is 57.4 Å². The van der Waals surface area contributed by atoms with Gasteiger partial charge in [-0.15, -0.1) is 22.7 Å². The van der Waals surface area contributed by atoms with Crippen molar-refractivity contribution in [2.45, 2.75) is 0 Å². The molecule has 0 fully saturated rings. The highest BCUT2D eigenvalue weighted by Gasteiger charge is 2.01. The molecule has 4 nitrogen and oxygen atoms in total. The SMILES string of the molecule is C1=Cc2cc3ccc(cc4nc(cc5ccc(cc1n2)[nH]5)C=C4)[nH]3.c1ccc2sccc2c1.c1ccc2sccc2c1. The highest BCUT2D eigenvalue weighted by molar-refractivity contribution is 7.17. The van der Waals surface area contributed by atoms with Gasteiger partial charge in [-0.05, 0) is 119 Å². The Balaban J connectivity index is 0.000000130. The van der Waals surface area contributed by atoms with Crippen molar-refractivity contribution in [1.29, 1.82) is 0 Å². The fourth-order valence-electron chi connectivity index (χ4n) is 4.76. The molecular formula is C36H26N4S2. The first-order chi connectivity index (χ1) is 20.7. The zero-order valence-corrected chi connectivity index (χ0v) is 24.2. The van der Waals surface area contributed by atoms with E-state index in [0.717, 1.165) is 44.8 Å².